The first-order valence-electron chi connectivity index (χ1n) is 6.00. The van der Waals surface area contributed by atoms with Crippen molar-refractivity contribution in [2.45, 2.75) is 13.0 Å². The topological polar surface area (TPSA) is 42.2 Å². The van der Waals surface area contributed by atoms with Gasteiger partial charge in [0.2, 0.25) is 0 Å². The standard InChI is InChI=1S/C15H15NO2S/c1-17-15-5-4-12(10-16)9-13(15)11-18-7-6-14-3-2-8-19-14/h2-5,8-9H,6-7,11H2,1H3. The van der Waals surface area contributed by atoms with E-state index in [0.29, 0.717) is 18.8 Å². The van der Waals surface area contributed by atoms with Gasteiger partial charge >= 0.3 is 0 Å². The van der Waals surface area contributed by atoms with E-state index in [-0.39, 0.29) is 0 Å². The van der Waals surface area contributed by atoms with Crippen LogP contribution >= 0.6 is 11.3 Å². The Labute approximate surface area is 117 Å². The van der Waals surface area contributed by atoms with Crippen LogP contribution in [0.5, 0.6) is 5.75 Å². The van der Waals surface area contributed by atoms with Gasteiger partial charge in [0, 0.05) is 16.9 Å². The van der Waals surface area contributed by atoms with Gasteiger partial charge in [0.1, 0.15) is 5.75 Å². The van der Waals surface area contributed by atoms with Crippen molar-refractivity contribution in [2.75, 3.05) is 13.7 Å². The van der Waals surface area contributed by atoms with E-state index in [1.165, 1.54) is 4.88 Å². The average Bonchev–Trinajstić information content (AvgIpc) is 2.96. The summed E-state index contributed by atoms with van der Waals surface area (Å²) >= 11 is 1.74. The monoisotopic (exact) mass is 273 g/mol. The minimum Gasteiger partial charge on any atom is -0.496 e. The van der Waals surface area contributed by atoms with Crippen molar-refractivity contribution in [3.05, 3.63) is 51.7 Å². The molecule has 0 bridgehead atoms. The van der Waals surface area contributed by atoms with Crippen LogP contribution in [-0.4, -0.2) is 13.7 Å². The van der Waals surface area contributed by atoms with E-state index in [1.54, 1.807) is 30.6 Å². The molecule has 2 aromatic rings. The van der Waals surface area contributed by atoms with E-state index >= 15 is 0 Å². The fraction of sp³-hybridized carbons (Fsp3) is 0.267. The van der Waals surface area contributed by atoms with E-state index < -0.39 is 0 Å². The third-order valence-electron chi connectivity index (χ3n) is 2.74. The number of benzene rings is 1. The predicted molar refractivity (Wildman–Crippen MR) is 75.4 cm³/mol. The van der Waals surface area contributed by atoms with Crippen LogP contribution in [0.1, 0.15) is 16.0 Å². The summed E-state index contributed by atoms with van der Waals surface area (Å²) in [6, 6.07) is 11.6. The Hall–Kier alpha value is -1.83. The van der Waals surface area contributed by atoms with Gasteiger partial charge in [0.05, 0.1) is 32.0 Å². The smallest absolute Gasteiger partial charge is 0.124 e. The Balaban J connectivity index is 1.89. The molecule has 0 unspecified atom stereocenters. The van der Waals surface area contributed by atoms with Gasteiger partial charge in [-0.25, -0.2) is 0 Å². The van der Waals surface area contributed by atoms with E-state index in [1.807, 2.05) is 12.1 Å². The van der Waals surface area contributed by atoms with E-state index in [9.17, 15) is 0 Å². The summed E-state index contributed by atoms with van der Waals surface area (Å²) in [5.41, 5.74) is 1.53. The van der Waals surface area contributed by atoms with Crippen molar-refractivity contribution in [3.8, 4) is 11.8 Å². The number of methoxy groups -OCH3 is 1. The van der Waals surface area contributed by atoms with Gasteiger partial charge in [-0.05, 0) is 29.6 Å². The van der Waals surface area contributed by atoms with Gasteiger partial charge in [-0.3, -0.25) is 0 Å². The molecule has 0 aliphatic heterocycles. The highest BCUT2D eigenvalue weighted by Crippen LogP contribution is 2.20. The maximum Gasteiger partial charge on any atom is 0.124 e. The lowest BCUT2D eigenvalue weighted by Gasteiger charge is -2.09. The van der Waals surface area contributed by atoms with Gasteiger partial charge in [-0.2, -0.15) is 5.26 Å². The second-order valence-electron chi connectivity index (χ2n) is 4.02. The molecular weight excluding hydrogens is 258 g/mol. The molecule has 1 aromatic carbocycles. The minimum absolute atomic E-state index is 0.462. The van der Waals surface area contributed by atoms with Crippen molar-refractivity contribution >= 4 is 11.3 Å². The number of rotatable bonds is 6. The summed E-state index contributed by atoms with van der Waals surface area (Å²) in [6.45, 7) is 1.13. The predicted octanol–water partition coefficient (Wildman–Crippen LogP) is 3.39. The van der Waals surface area contributed by atoms with Crippen LogP contribution in [0.2, 0.25) is 0 Å². The molecule has 0 saturated heterocycles. The quantitative estimate of drug-likeness (QED) is 0.758. The summed E-state index contributed by atoms with van der Waals surface area (Å²) in [7, 11) is 1.62. The van der Waals surface area contributed by atoms with E-state index in [0.717, 1.165) is 17.7 Å². The number of nitrogens with zero attached hydrogens (tertiary/aromatic N) is 1. The van der Waals surface area contributed by atoms with Gasteiger partial charge in [-0.15, -0.1) is 11.3 Å². The Bertz CT molecular complexity index is 558. The van der Waals surface area contributed by atoms with Crippen molar-refractivity contribution in [3.63, 3.8) is 0 Å². The Morgan fingerprint density at radius 1 is 1.32 bits per heavy atom. The number of ether oxygens (including phenoxy) is 2. The zero-order valence-electron chi connectivity index (χ0n) is 10.8. The van der Waals surface area contributed by atoms with Crippen LogP contribution in [0, 0.1) is 11.3 Å². The summed E-state index contributed by atoms with van der Waals surface area (Å²) in [5.74, 6) is 0.759. The van der Waals surface area contributed by atoms with Gasteiger partial charge < -0.3 is 9.47 Å². The summed E-state index contributed by atoms with van der Waals surface area (Å²) in [4.78, 5) is 1.32. The van der Waals surface area contributed by atoms with Crippen LogP contribution < -0.4 is 4.74 Å². The van der Waals surface area contributed by atoms with Crippen LogP contribution in [0.3, 0.4) is 0 Å². The Morgan fingerprint density at radius 2 is 2.21 bits per heavy atom. The molecule has 2 rings (SSSR count). The molecule has 0 fully saturated rings. The Kier molecular flexibility index (Phi) is 4.96. The molecule has 19 heavy (non-hydrogen) atoms. The van der Waals surface area contributed by atoms with Crippen molar-refractivity contribution in [2.24, 2.45) is 0 Å². The normalized spacial score (nSPS) is 10.1. The van der Waals surface area contributed by atoms with Crippen molar-refractivity contribution < 1.29 is 9.47 Å². The van der Waals surface area contributed by atoms with Crippen LogP contribution in [-0.2, 0) is 17.8 Å². The fourth-order valence-corrected chi connectivity index (χ4v) is 2.46. The summed E-state index contributed by atoms with van der Waals surface area (Å²) in [5, 5.41) is 11.0. The lowest BCUT2D eigenvalue weighted by atomic mass is 10.1. The van der Waals surface area contributed by atoms with Gasteiger partial charge in [0.25, 0.3) is 0 Å². The number of nitriles is 1. The SMILES string of the molecule is COc1ccc(C#N)cc1COCCc1cccs1. The van der Waals surface area contributed by atoms with E-state index in [4.69, 9.17) is 14.7 Å². The lowest BCUT2D eigenvalue weighted by Crippen LogP contribution is -2.00. The third-order valence-corrected chi connectivity index (χ3v) is 3.68. The van der Waals surface area contributed by atoms with E-state index in [2.05, 4.69) is 17.5 Å². The molecule has 0 N–H and O–H groups in total. The molecular formula is C15H15NO2S. The first-order valence-corrected chi connectivity index (χ1v) is 6.88. The second-order valence-corrected chi connectivity index (χ2v) is 5.05. The molecule has 0 spiro atoms. The number of hydrogen-bond donors (Lipinski definition) is 0. The number of hydrogen-bond acceptors (Lipinski definition) is 4. The van der Waals surface area contributed by atoms with Crippen LogP contribution in [0.4, 0.5) is 0 Å². The highest BCUT2D eigenvalue weighted by Gasteiger charge is 2.05. The fourth-order valence-electron chi connectivity index (χ4n) is 1.77. The third kappa shape index (κ3) is 3.82. The minimum atomic E-state index is 0.462. The summed E-state index contributed by atoms with van der Waals surface area (Å²) in [6.07, 6.45) is 0.915. The maximum absolute atomic E-state index is 8.89. The first-order chi connectivity index (χ1) is 9.33. The van der Waals surface area contributed by atoms with Gasteiger partial charge in [-0.1, -0.05) is 6.07 Å². The first kappa shape index (κ1) is 13.6. The largest absolute Gasteiger partial charge is 0.496 e. The Morgan fingerprint density at radius 3 is 2.89 bits per heavy atom. The molecule has 0 aliphatic rings. The molecule has 0 atom stereocenters. The number of thiophene rings is 1. The molecule has 3 nitrogen and oxygen atoms in total. The zero-order chi connectivity index (χ0) is 13.5. The molecule has 1 heterocycles. The highest BCUT2D eigenvalue weighted by atomic mass is 32.1. The maximum atomic E-state index is 8.89. The van der Waals surface area contributed by atoms with Crippen molar-refractivity contribution in [1.29, 1.82) is 5.26 Å². The molecule has 0 saturated carbocycles. The van der Waals surface area contributed by atoms with Crippen LogP contribution in [0.15, 0.2) is 35.7 Å². The summed E-state index contributed by atoms with van der Waals surface area (Å²) < 4.78 is 10.9. The molecule has 0 aliphatic carbocycles. The average molecular weight is 273 g/mol. The lowest BCUT2D eigenvalue weighted by molar-refractivity contribution is 0.122. The van der Waals surface area contributed by atoms with Crippen LogP contribution in [0.25, 0.3) is 0 Å². The molecule has 4 heteroatoms. The molecule has 1 aromatic heterocycles. The second kappa shape index (κ2) is 6.93. The molecule has 0 amide bonds. The highest BCUT2D eigenvalue weighted by molar-refractivity contribution is 7.09. The van der Waals surface area contributed by atoms with Gasteiger partial charge in [0.15, 0.2) is 0 Å². The molecule has 0 radical (unpaired) electrons. The zero-order valence-corrected chi connectivity index (χ0v) is 11.6. The molecule has 98 valence electrons. The van der Waals surface area contributed by atoms with Crippen molar-refractivity contribution in [1.82, 2.24) is 0 Å².